The summed E-state index contributed by atoms with van der Waals surface area (Å²) in [6.45, 7) is 2.06. The third-order valence-corrected chi connectivity index (χ3v) is 2.99. The number of methoxy groups -OCH3 is 1. The molecule has 6 heteroatoms. The van der Waals surface area contributed by atoms with E-state index in [0.29, 0.717) is 6.54 Å². The number of amides is 1. The Balaban J connectivity index is 2.89. The Morgan fingerprint density at radius 3 is 2.55 bits per heavy atom. The first-order chi connectivity index (χ1) is 10.6. The maximum Gasteiger partial charge on any atom is 0.340 e. The minimum absolute atomic E-state index is 0.264. The highest BCUT2D eigenvalue weighted by molar-refractivity contribution is 5.95. The van der Waals surface area contributed by atoms with Crippen molar-refractivity contribution in [2.75, 3.05) is 20.3 Å². The number of hydrogen-bond donors (Lipinski definition) is 1. The Hall–Kier alpha value is -2.39. The lowest BCUT2D eigenvalue weighted by Crippen LogP contribution is -2.52. The fourth-order valence-corrected chi connectivity index (χ4v) is 1.76. The average molecular weight is 304 g/mol. The van der Waals surface area contributed by atoms with Crippen LogP contribution in [0, 0.1) is 11.3 Å². The van der Waals surface area contributed by atoms with E-state index < -0.39 is 17.5 Å². The molecule has 6 nitrogen and oxygen atoms in total. The summed E-state index contributed by atoms with van der Waals surface area (Å²) in [4.78, 5) is 24.4. The van der Waals surface area contributed by atoms with E-state index in [1.165, 1.54) is 7.11 Å². The molecule has 0 radical (unpaired) electrons. The lowest BCUT2D eigenvalue weighted by Gasteiger charge is -2.24. The topological polar surface area (TPSA) is 88.4 Å². The number of hydrogen-bond acceptors (Lipinski definition) is 5. The second-order valence-corrected chi connectivity index (χ2v) is 4.74. The number of carbonyl (C=O) groups is 2. The Kier molecular flexibility index (Phi) is 7.06. The third-order valence-electron chi connectivity index (χ3n) is 2.99. The van der Waals surface area contributed by atoms with Gasteiger partial charge in [-0.05, 0) is 18.6 Å². The van der Waals surface area contributed by atoms with E-state index in [4.69, 9.17) is 9.47 Å². The van der Waals surface area contributed by atoms with Crippen LogP contribution < -0.4 is 5.32 Å². The zero-order chi connectivity index (χ0) is 16.4. The highest BCUT2D eigenvalue weighted by Crippen LogP contribution is 2.15. The fourth-order valence-electron chi connectivity index (χ4n) is 1.76. The molecule has 1 N–H and O–H groups in total. The van der Waals surface area contributed by atoms with Gasteiger partial charge in [-0.25, -0.2) is 4.79 Å². The molecule has 0 heterocycles. The van der Waals surface area contributed by atoms with Crippen LogP contribution in [-0.4, -0.2) is 37.7 Å². The highest BCUT2D eigenvalue weighted by Gasteiger charge is 2.43. The number of nitrogens with zero attached hydrogens (tertiary/aromatic N) is 1. The van der Waals surface area contributed by atoms with Gasteiger partial charge in [-0.2, -0.15) is 5.26 Å². The van der Waals surface area contributed by atoms with Crippen LogP contribution in [-0.2, 0) is 14.3 Å². The molecule has 0 aliphatic heterocycles. The Morgan fingerprint density at radius 1 is 1.32 bits per heavy atom. The van der Waals surface area contributed by atoms with Crippen molar-refractivity contribution in [3.63, 3.8) is 0 Å². The number of unbranched alkanes of at least 4 members (excludes halogenated alkanes) is 1. The molecule has 1 rings (SSSR count). The smallest absolute Gasteiger partial charge is 0.340 e. The summed E-state index contributed by atoms with van der Waals surface area (Å²) in [5.74, 6) is -1.42. The van der Waals surface area contributed by atoms with Crippen LogP contribution in [0.5, 0.6) is 0 Å². The van der Waals surface area contributed by atoms with Gasteiger partial charge < -0.3 is 14.8 Å². The van der Waals surface area contributed by atoms with Crippen LogP contribution >= 0.6 is 0 Å². The first kappa shape index (κ1) is 17.7. The Labute approximate surface area is 130 Å². The maximum atomic E-state index is 12.2. The van der Waals surface area contributed by atoms with E-state index in [1.807, 2.05) is 6.92 Å². The molecule has 1 unspecified atom stereocenters. The Bertz CT molecular complexity index is 539. The van der Waals surface area contributed by atoms with Gasteiger partial charge in [0.15, 0.2) is 0 Å². The molecular formula is C16H20N2O4. The molecule has 0 aliphatic carbocycles. The van der Waals surface area contributed by atoms with E-state index in [2.05, 4.69) is 5.32 Å². The number of esters is 1. The highest BCUT2D eigenvalue weighted by atomic mass is 16.6. The minimum Gasteiger partial charge on any atom is -0.428 e. The second-order valence-electron chi connectivity index (χ2n) is 4.74. The molecule has 0 bridgehead atoms. The van der Waals surface area contributed by atoms with Gasteiger partial charge in [0.25, 0.3) is 11.5 Å². The molecule has 118 valence electrons. The largest absolute Gasteiger partial charge is 0.428 e. The van der Waals surface area contributed by atoms with E-state index in [1.54, 1.807) is 36.4 Å². The summed E-state index contributed by atoms with van der Waals surface area (Å²) >= 11 is 0. The number of benzene rings is 1. The van der Waals surface area contributed by atoms with Crippen molar-refractivity contribution in [2.24, 2.45) is 0 Å². The van der Waals surface area contributed by atoms with Crippen molar-refractivity contribution < 1.29 is 19.1 Å². The summed E-state index contributed by atoms with van der Waals surface area (Å²) < 4.78 is 10.1. The molecule has 1 aromatic rings. The zero-order valence-electron chi connectivity index (χ0n) is 12.8. The number of nitrogens with one attached hydrogen (secondary N) is 1. The summed E-state index contributed by atoms with van der Waals surface area (Å²) in [5, 5.41) is 12.0. The van der Waals surface area contributed by atoms with Crippen molar-refractivity contribution in [1.29, 1.82) is 5.26 Å². The third kappa shape index (κ3) is 4.57. The lowest BCUT2D eigenvalue weighted by atomic mass is 10.1. The van der Waals surface area contributed by atoms with Gasteiger partial charge in [0.05, 0.1) is 5.56 Å². The molecule has 0 fully saturated rings. The normalized spacial score (nSPS) is 12.8. The molecule has 22 heavy (non-hydrogen) atoms. The quantitative estimate of drug-likeness (QED) is 0.583. The summed E-state index contributed by atoms with van der Waals surface area (Å²) in [6.07, 6.45) is 1.67. The molecule has 1 aromatic carbocycles. The molecule has 1 amide bonds. The van der Waals surface area contributed by atoms with E-state index in [-0.39, 0.29) is 12.2 Å². The summed E-state index contributed by atoms with van der Waals surface area (Å²) in [6, 6.07) is 9.95. The number of rotatable bonds is 8. The van der Waals surface area contributed by atoms with E-state index in [0.717, 1.165) is 12.8 Å². The number of carbonyl (C=O) groups excluding carboxylic acids is 2. The second kappa shape index (κ2) is 8.80. The number of nitriles is 1. The molecule has 0 saturated carbocycles. The van der Waals surface area contributed by atoms with E-state index >= 15 is 0 Å². The molecule has 0 spiro atoms. The van der Waals surface area contributed by atoms with Crippen molar-refractivity contribution in [3.8, 4) is 6.07 Å². The first-order valence-electron chi connectivity index (χ1n) is 7.06. The van der Waals surface area contributed by atoms with Crippen LogP contribution in [0.4, 0.5) is 0 Å². The standard InChI is InChI=1S/C16H20N2O4/c1-3-4-10-18-15(20)16(11-17,12-21-2)22-14(19)13-8-6-5-7-9-13/h5-9H,3-4,10,12H2,1-2H3,(H,18,20). The summed E-state index contributed by atoms with van der Waals surface area (Å²) in [5.41, 5.74) is -1.73. The predicted octanol–water partition coefficient (Wildman–Crippen LogP) is 1.67. The number of ether oxygens (including phenoxy) is 2. The Morgan fingerprint density at radius 2 is 2.00 bits per heavy atom. The van der Waals surface area contributed by atoms with Crippen LogP contribution in [0.25, 0.3) is 0 Å². The van der Waals surface area contributed by atoms with Crippen LogP contribution in [0.2, 0.25) is 0 Å². The van der Waals surface area contributed by atoms with Gasteiger partial charge >= 0.3 is 5.97 Å². The van der Waals surface area contributed by atoms with Crippen LogP contribution in [0.15, 0.2) is 30.3 Å². The maximum absolute atomic E-state index is 12.2. The average Bonchev–Trinajstić information content (AvgIpc) is 2.55. The summed E-state index contributed by atoms with van der Waals surface area (Å²) in [7, 11) is 1.34. The predicted molar refractivity (Wildman–Crippen MR) is 80.0 cm³/mol. The van der Waals surface area contributed by atoms with Gasteiger partial charge in [0.1, 0.15) is 12.7 Å². The van der Waals surface area contributed by atoms with Crippen molar-refractivity contribution in [3.05, 3.63) is 35.9 Å². The minimum atomic E-state index is -1.99. The monoisotopic (exact) mass is 304 g/mol. The van der Waals surface area contributed by atoms with Gasteiger partial charge in [-0.3, -0.25) is 4.79 Å². The fraction of sp³-hybridized carbons (Fsp3) is 0.438. The molecule has 0 saturated heterocycles. The van der Waals surface area contributed by atoms with Crippen molar-refractivity contribution in [1.82, 2.24) is 5.32 Å². The first-order valence-corrected chi connectivity index (χ1v) is 7.06. The van der Waals surface area contributed by atoms with Gasteiger partial charge in [-0.1, -0.05) is 31.5 Å². The van der Waals surface area contributed by atoms with Gasteiger partial charge in [-0.15, -0.1) is 0 Å². The van der Waals surface area contributed by atoms with Gasteiger partial charge in [0, 0.05) is 13.7 Å². The SMILES string of the molecule is CCCCNC(=O)C(C#N)(COC)OC(=O)c1ccccc1. The van der Waals surface area contributed by atoms with Crippen LogP contribution in [0.3, 0.4) is 0 Å². The van der Waals surface area contributed by atoms with Crippen molar-refractivity contribution in [2.45, 2.75) is 25.4 Å². The zero-order valence-corrected chi connectivity index (χ0v) is 12.8. The van der Waals surface area contributed by atoms with Gasteiger partial charge in [0.2, 0.25) is 0 Å². The molecule has 0 aromatic heterocycles. The van der Waals surface area contributed by atoms with E-state index in [9.17, 15) is 14.9 Å². The lowest BCUT2D eigenvalue weighted by molar-refractivity contribution is -0.139. The van der Waals surface area contributed by atoms with Crippen molar-refractivity contribution >= 4 is 11.9 Å². The van der Waals surface area contributed by atoms with Crippen LogP contribution in [0.1, 0.15) is 30.1 Å². The molecule has 1 atom stereocenters. The molecular weight excluding hydrogens is 284 g/mol. The molecule has 0 aliphatic rings.